The number of piperidine rings is 1. The molecule has 88 valence electrons. The summed E-state index contributed by atoms with van der Waals surface area (Å²) in [6.07, 6.45) is 3.89. The third kappa shape index (κ3) is 3.06. The number of nitrogens with one attached hydrogen (secondary N) is 1. The molecule has 0 bridgehead atoms. The molecule has 1 aliphatic heterocycles. The van der Waals surface area contributed by atoms with Crippen LogP contribution in [0.2, 0.25) is 0 Å². The molecule has 5 nitrogen and oxygen atoms in total. The molecule has 2 rings (SSSR count). The van der Waals surface area contributed by atoms with Crippen molar-refractivity contribution in [3.63, 3.8) is 0 Å². The molecule has 0 unspecified atom stereocenters. The largest absolute Gasteiger partial charge is 0.478 e. The van der Waals surface area contributed by atoms with Gasteiger partial charge in [-0.2, -0.15) is 0 Å². The van der Waals surface area contributed by atoms with Crippen molar-refractivity contribution in [1.29, 1.82) is 0 Å². The first-order chi connectivity index (χ1) is 7.88. The van der Waals surface area contributed by atoms with Crippen LogP contribution in [-0.4, -0.2) is 35.8 Å². The summed E-state index contributed by atoms with van der Waals surface area (Å²) in [6.45, 7) is 4.48. The zero-order valence-electron chi connectivity index (χ0n) is 9.48. The molecule has 0 radical (unpaired) electrons. The summed E-state index contributed by atoms with van der Waals surface area (Å²) in [5, 5.41) is 3.30. The maximum atomic E-state index is 5.75. The SMILES string of the molecule is CCOc1cc(O[C@H]2CCCNC2)ncn1. The molecule has 5 heteroatoms. The van der Waals surface area contributed by atoms with Crippen LogP contribution < -0.4 is 14.8 Å². The van der Waals surface area contributed by atoms with Gasteiger partial charge in [0.25, 0.3) is 0 Å². The van der Waals surface area contributed by atoms with E-state index in [1.165, 1.54) is 6.33 Å². The average molecular weight is 223 g/mol. The Morgan fingerprint density at radius 1 is 1.44 bits per heavy atom. The molecule has 1 N–H and O–H groups in total. The second-order valence-electron chi connectivity index (χ2n) is 3.71. The second-order valence-corrected chi connectivity index (χ2v) is 3.71. The van der Waals surface area contributed by atoms with E-state index < -0.39 is 0 Å². The van der Waals surface area contributed by atoms with Gasteiger partial charge >= 0.3 is 0 Å². The molecular formula is C11H17N3O2. The highest BCUT2D eigenvalue weighted by molar-refractivity contribution is 5.18. The van der Waals surface area contributed by atoms with Gasteiger partial charge in [-0.1, -0.05) is 0 Å². The van der Waals surface area contributed by atoms with Crippen LogP contribution in [0.3, 0.4) is 0 Å². The highest BCUT2D eigenvalue weighted by atomic mass is 16.5. The van der Waals surface area contributed by atoms with Crippen LogP contribution in [0.25, 0.3) is 0 Å². The number of hydrogen-bond donors (Lipinski definition) is 1. The van der Waals surface area contributed by atoms with Gasteiger partial charge in [0.1, 0.15) is 12.4 Å². The Hall–Kier alpha value is -1.36. The summed E-state index contributed by atoms with van der Waals surface area (Å²) in [5.74, 6) is 1.16. The fourth-order valence-electron chi connectivity index (χ4n) is 1.71. The lowest BCUT2D eigenvalue weighted by molar-refractivity contribution is 0.159. The molecule has 0 aromatic carbocycles. The van der Waals surface area contributed by atoms with Crippen molar-refractivity contribution in [2.45, 2.75) is 25.9 Å². The van der Waals surface area contributed by atoms with Crippen LogP contribution in [0.4, 0.5) is 0 Å². The minimum Gasteiger partial charge on any atom is -0.478 e. The van der Waals surface area contributed by atoms with Crippen molar-refractivity contribution in [3.05, 3.63) is 12.4 Å². The maximum absolute atomic E-state index is 5.75. The number of rotatable bonds is 4. The third-order valence-corrected chi connectivity index (χ3v) is 2.45. The molecule has 0 amide bonds. The molecule has 0 aliphatic carbocycles. The molecule has 1 fully saturated rings. The smallest absolute Gasteiger partial charge is 0.220 e. The zero-order valence-corrected chi connectivity index (χ0v) is 9.48. The standard InChI is InChI=1S/C11H17N3O2/c1-2-15-10-6-11(14-8-13-10)16-9-4-3-5-12-7-9/h6,8-9,12H,2-5,7H2,1H3/t9-/m0/s1. The Kier molecular flexibility index (Phi) is 3.93. The van der Waals surface area contributed by atoms with Crippen molar-refractivity contribution in [2.24, 2.45) is 0 Å². The average Bonchev–Trinajstić information content (AvgIpc) is 2.31. The molecule has 16 heavy (non-hydrogen) atoms. The Labute approximate surface area is 95.2 Å². The Morgan fingerprint density at radius 2 is 2.31 bits per heavy atom. The number of aromatic nitrogens is 2. The van der Waals surface area contributed by atoms with Gasteiger partial charge in [-0.05, 0) is 26.3 Å². The van der Waals surface area contributed by atoms with Gasteiger partial charge in [0, 0.05) is 6.54 Å². The fourth-order valence-corrected chi connectivity index (χ4v) is 1.71. The molecule has 1 aromatic heterocycles. The molecule has 0 saturated carbocycles. The Bertz CT molecular complexity index is 327. The summed E-state index contributed by atoms with van der Waals surface area (Å²) in [5.41, 5.74) is 0. The van der Waals surface area contributed by atoms with E-state index >= 15 is 0 Å². The summed E-state index contributed by atoms with van der Waals surface area (Å²) in [6, 6.07) is 1.73. The molecule has 2 heterocycles. The van der Waals surface area contributed by atoms with Crippen LogP contribution in [-0.2, 0) is 0 Å². The predicted octanol–water partition coefficient (Wildman–Crippen LogP) is 1.01. The number of ether oxygens (including phenoxy) is 2. The molecule has 1 atom stereocenters. The van der Waals surface area contributed by atoms with E-state index in [9.17, 15) is 0 Å². The molecule has 0 spiro atoms. The summed E-state index contributed by atoms with van der Waals surface area (Å²) >= 11 is 0. The van der Waals surface area contributed by atoms with E-state index in [-0.39, 0.29) is 6.10 Å². The highest BCUT2D eigenvalue weighted by Crippen LogP contribution is 2.16. The van der Waals surface area contributed by atoms with Gasteiger partial charge in [-0.15, -0.1) is 0 Å². The summed E-state index contributed by atoms with van der Waals surface area (Å²) in [4.78, 5) is 8.07. The molecule has 1 aliphatic rings. The lowest BCUT2D eigenvalue weighted by Crippen LogP contribution is -2.37. The molecule has 1 saturated heterocycles. The summed E-state index contributed by atoms with van der Waals surface area (Å²) in [7, 11) is 0. The van der Waals surface area contributed by atoms with Gasteiger partial charge in [0.05, 0.1) is 12.7 Å². The van der Waals surface area contributed by atoms with Crippen molar-refractivity contribution in [3.8, 4) is 11.8 Å². The quantitative estimate of drug-likeness (QED) is 0.825. The number of hydrogen-bond acceptors (Lipinski definition) is 5. The highest BCUT2D eigenvalue weighted by Gasteiger charge is 2.15. The topological polar surface area (TPSA) is 56.3 Å². The lowest BCUT2D eigenvalue weighted by atomic mass is 10.1. The predicted molar refractivity (Wildman–Crippen MR) is 59.7 cm³/mol. The van der Waals surface area contributed by atoms with E-state index in [2.05, 4.69) is 15.3 Å². The first kappa shape index (κ1) is 11.1. The van der Waals surface area contributed by atoms with Gasteiger partial charge < -0.3 is 14.8 Å². The van der Waals surface area contributed by atoms with Crippen LogP contribution in [0, 0.1) is 0 Å². The third-order valence-electron chi connectivity index (χ3n) is 2.45. The Balaban J connectivity index is 1.94. The normalized spacial score (nSPS) is 20.4. The van der Waals surface area contributed by atoms with Crippen molar-refractivity contribution >= 4 is 0 Å². The van der Waals surface area contributed by atoms with E-state index in [1.54, 1.807) is 6.07 Å². The fraction of sp³-hybridized carbons (Fsp3) is 0.636. The van der Waals surface area contributed by atoms with Crippen LogP contribution in [0.5, 0.6) is 11.8 Å². The monoisotopic (exact) mass is 223 g/mol. The van der Waals surface area contributed by atoms with Crippen LogP contribution >= 0.6 is 0 Å². The van der Waals surface area contributed by atoms with Crippen molar-refractivity contribution in [2.75, 3.05) is 19.7 Å². The number of nitrogens with zero attached hydrogens (tertiary/aromatic N) is 2. The van der Waals surface area contributed by atoms with E-state index in [0.717, 1.165) is 25.9 Å². The zero-order chi connectivity index (χ0) is 11.2. The van der Waals surface area contributed by atoms with E-state index in [0.29, 0.717) is 18.4 Å². The summed E-state index contributed by atoms with van der Waals surface area (Å²) < 4.78 is 11.0. The Morgan fingerprint density at radius 3 is 3.06 bits per heavy atom. The first-order valence-corrected chi connectivity index (χ1v) is 5.70. The van der Waals surface area contributed by atoms with Crippen LogP contribution in [0.15, 0.2) is 12.4 Å². The molecule has 1 aromatic rings. The maximum Gasteiger partial charge on any atom is 0.220 e. The van der Waals surface area contributed by atoms with Crippen LogP contribution in [0.1, 0.15) is 19.8 Å². The lowest BCUT2D eigenvalue weighted by Gasteiger charge is -2.23. The van der Waals surface area contributed by atoms with E-state index in [4.69, 9.17) is 9.47 Å². The first-order valence-electron chi connectivity index (χ1n) is 5.70. The minimum absolute atomic E-state index is 0.207. The molecular weight excluding hydrogens is 206 g/mol. The van der Waals surface area contributed by atoms with Gasteiger partial charge in [-0.25, -0.2) is 9.97 Å². The van der Waals surface area contributed by atoms with Crippen molar-refractivity contribution < 1.29 is 9.47 Å². The van der Waals surface area contributed by atoms with Crippen molar-refractivity contribution in [1.82, 2.24) is 15.3 Å². The van der Waals surface area contributed by atoms with Gasteiger partial charge in [0.15, 0.2) is 0 Å². The van der Waals surface area contributed by atoms with E-state index in [1.807, 2.05) is 6.92 Å². The van der Waals surface area contributed by atoms with Gasteiger partial charge in [0.2, 0.25) is 11.8 Å². The van der Waals surface area contributed by atoms with Gasteiger partial charge in [-0.3, -0.25) is 0 Å². The minimum atomic E-state index is 0.207. The second kappa shape index (κ2) is 5.65.